The van der Waals surface area contributed by atoms with Crippen molar-refractivity contribution in [2.45, 2.75) is 20.3 Å². The van der Waals surface area contributed by atoms with E-state index in [0.29, 0.717) is 0 Å². The molecule has 2 nitrogen and oxygen atoms in total. The number of carboxylic acid groups (broad SMARTS) is 1. The van der Waals surface area contributed by atoms with Gasteiger partial charge in [0.1, 0.15) is 0 Å². The predicted molar refractivity (Wildman–Crippen MR) is 59.5 cm³/mol. The van der Waals surface area contributed by atoms with E-state index in [9.17, 15) is 4.79 Å². The quantitative estimate of drug-likeness (QED) is 0.711. The van der Waals surface area contributed by atoms with Crippen molar-refractivity contribution in [3.05, 3.63) is 41.5 Å². The van der Waals surface area contributed by atoms with Crippen molar-refractivity contribution in [2.75, 3.05) is 0 Å². The van der Waals surface area contributed by atoms with E-state index >= 15 is 0 Å². The number of hydrogen-bond acceptors (Lipinski definition) is 1. The van der Waals surface area contributed by atoms with Gasteiger partial charge in [-0.05, 0) is 28.5 Å². The van der Waals surface area contributed by atoms with E-state index in [1.54, 1.807) is 0 Å². The van der Waals surface area contributed by atoms with Gasteiger partial charge in [-0.15, -0.1) is 0 Å². The van der Waals surface area contributed by atoms with E-state index in [1.807, 2.05) is 18.2 Å². The lowest BCUT2D eigenvalue weighted by Gasteiger charge is -2.19. The first kappa shape index (κ1) is 9.97. The molecule has 0 radical (unpaired) electrons. The first-order valence-corrected chi connectivity index (χ1v) is 5.04. The summed E-state index contributed by atoms with van der Waals surface area (Å²) in [6.45, 7) is 4.17. The Hall–Kier alpha value is -1.57. The number of aliphatic carboxylic acids is 1. The highest BCUT2D eigenvalue weighted by atomic mass is 16.4. The van der Waals surface area contributed by atoms with Gasteiger partial charge in [-0.25, -0.2) is 4.79 Å². The first-order valence-electron chi connectivity index (χ1n) is 5.04. The molecule has 2 heteroatoms. The van der Waals surface area contributed by atoms with Crippen LogP contribution in [-0.2, 0) is 11.2 Å². The Bertz CT molecular complexity index is 442. The Labute approximate surface area is 89.2 Å². The SMILES string of the molecule is CC1(C)Cc2ccccc2C1=CC(=O)O. The fourth-order valence-electron chi connectivity index (χ4n) is 2.27. The number of allylic oxidation sites excluding steroid dienone is 1. The minimum atomic E-state index is -0.866. The molecule has 0 saturated carbocycles. The number of rotatable bonds is 1. The third kappa shape index (κ3) is 1.67. The summed E-state index contributed by atoms with van der Waals surface area (Å²) in [6, 6.07) is 8.02. The summed E-state index contributed by atoms with van der Waals surface area (Å²) in [5.74, 6) is -0.866. The summed E-state index contributed by atoms with van der Waals surface area (Å²) < 4.78 is 0. The molecule has 1 aliphatic rings. The summed E-state index contributed by atoms with van der Waals surface area (Å²) in [4.78, 5) is 10.8. The Morgan fingerprint density at radius 2 is 2.07 bits per heavy atom. The molecule has 0 unspecified atom stereocenters. The molecular weight excluding hydrogens is 188 g/mol. The third-order valence-electron chi connectivity index (χ3n) is 2.94. The van der Waals surface area contributed by atoms with Crippen LogP contribution in [0.1, 0.15) is 25.0 Å². The van der Waals surface area contributed by atoms with Gasteiger partial charge in [0.15, 0.2) is 0 Å². The predicted octanol–water partition coefficient (Wildman–Crippen LogP) is 2.74. The minimum Gasteiger partial charge on any atom is -0.478 e. The summed E-state index contributed by atoms with van der Waals surface area (Å²) in [5.41, 5.74) is 3.20. The highest BCUT2D eigenvalue weighted by Crippen LogP contribution is 2.45. The standard InChI is InChI=1S/C13H14O2/c1-13(2)8-9-5-3-4-6-10(9)11(13)7-12(14)15/h3-7H,8H2,1-2H3,(H,14,15). The van der Waals surface area contributed by atoms with Crippen LogP contribution in [0.3, 0.4) is 0 Å². The van der Waals surface area contributed by atoms with E-state index in [0.717, 1.165) is 17.6 Å². The molecule has 0 aliphatic heterocycles. The van der Waals surface area contributed by atoms with Crippen molar-refractivity contribution in [3.63, 3.8) is 0 Å². The second-order valence-electron chi connectivity index (χ2n) is 4.61. The Morgan fingerprint density at radius 3 is 2.73 bits per heavy atom. The topological polar surface area (TPSA) is 37.3 Å². The average Bonchev–Trinajstić information content (AvgIpc) is 2.37. The number of benzene rings is 1. The van der Waals surface area contributed by atoms with Crippen molar-refractivity contribution in [2.24, 2.45) is 5.41 Å². The van der Waals surface area contributed by atoms with E-state index in [4.69, 9.17) is 5.11 Å². The van der Waals surface area contributed by atoms with Gasteiger partial charge >= 0.3 is 5.97 Å². The first-order chi connectivity index (χ1) is 7.00. The zero-order chi connectivity index (χ0) is 11.1. The van der Waals surface area contributed by atoms with E-state index in [2.05, 4.69) is 19.9 Å². The largest absolute Gasteiger partial charge is 0.478 e. The van der Waals surface area contributed by atoms with Gasteiger partial charge in [0.05, 0.1) is 0 Å². The number of carbonyl (C=O) groups is 1. The van der Waals surface area contributed by atoms with Crippen molar-refractivity contribution in [1.29, 1.82) is 0 Å². The van der Waals surface area contributed by atoms with Crippen LogP contribution in [0.2, 0.25) is 0 Å². The van der Waals surface area contributed by atoms with Crippen molar-refractivity contribution in [3.8, 4) is 0 Å². The molecule has 1 aromatic rings. The fourth-order valence-corrected chi connectivity index (χ4v) is 2.27. The number of carboxylic acids is 1. The molecule has 78 valence electrons. The van der Waals surface area contributed by atoms with Crippen molar-refractivity contribution in [1.82, 2.24) is 0 Å². The Balaban J connectivity index is 2.58. The maximum Gasteiger partial charge on any atom is 0.328 e. The second kappa shape index (κ2) is 3.23. The number of fused-ring (bicyclic) bond motifs is 1. The molecule has 1 aliphatic carbocycles. The fraction of sp³-hybridized carbons (Fsp3) is 0.308. The van der Waals surface area contributed by atoms with Gasteiger partial charge in [-0.1, -0.05) is 38.1 Å². The summed E-state index contributed by atoms with van der Waals surface area (Å²) in [5, 5.41) is 8.86. The normalized spacial score (nSPS) is 20.3. The molecule has 1 N–H and O–H groups in total. The molecule has 0 spiro atoms. The molecule has 2 rings (SSSR count). The molecule has 0 amide bonds. The summed E-state index contributed by atoms with van der Waals surface area (Å²) in [7, 11) is 0. The van der Waals surface area contributed by atoms with Crippen LogP contribution in [0.25, 0.3) is 5.57 Å². The molecule has 15 heavy (non-hydrogen) atoms. The highest BCUT2D eigenvalue weighted by Gasteiger charge is 2.33. The van der Waals surface area contributed by atoms with Crippen LogP contribution in [0.5, 0.6) is 0 Å². The van der Waals surface area contributed by atoms with Gasteiger partial charge < -0.3 is 5.11 Å². The lowest BCUT2D eigenvalue weighted by molar-refractivity contribution is -0.131. The molecule has 1 aromatic carbocycles. The van der Waals surface area contributed by atoms with Gasteiger partial charge in [0, 0.05) is 6.08 Å². The van der Waals surface area contributed by atoms with Gasteiger partial charge in [-0.2, -0.15) is 0 Å². The molecule has 0 aromatic heterocycles. The highest BCUT2D eigenvalue weighted by molar-refractivity contribution is 5.93. The molecule has 0 heterocycles. The van der Waals surface area contributed by atoms with E-state index < -0.39 is 5.97 Å². The van der Waals surface area contributed by atoms with Gasteiger partial charge in [0.25, 0.3) is 0 Å². The maximum absolute atomic E-state index is 10.8. The zero-order valence-electron chi connectivity index (χ0n) is 8.95. The Kier molecular flexibility index (Phi) is 2.14. The van der Waals surface area contributed by atoms with Crippen molar-refractivity contribution >= 4 is 11.5 Å². The van der Waals surface area contributed by atoms with Crippen LogP contribution >= 0.6 is 0 Å². The van der Waals surface area contributed by atoms with Gasteiger partial charge in [-0.3, -0.25) is 0 Å². The van der Waals surface area contributed by atoms with Gasteiger partial charge in [0.2, 0.25) is 0 Å². The zero-order valence-corrected chi connectivity index (χ0v) is 8.95. The average molecular weight is 202 g/mol. The molecular formula is C13H14O2. The lowest BCUT2D eigenvalue weighted by Crippen LogP contribution is -2.10. The Morgan fingerprint density at radius 1 is 1.40 bits per heavy atom. The summed E-state index contributed by atoms with van der Waals surface area (Å²) >= 11 is 0. The van der Waals surface area contributed by atoms with Crippen LogP contribution in [0, 0.1) is 5.41 Å². The monoisotopic (exact) mass is 202 g/mol. The lowest BCUT2D eigenvalue weighted by atomic mass is 9.85. The second-order valence-corrected chi connectivity index (χ2v) is 4.61. The van der Waals surface area contributed by atoms with Crippen LogP contribution in [0.15, 0.2) is 30.3 Å². The smallest absolute Gasteiger partial charge is 0.328 e. The molecule has 0 saturated heterocycles. The maximum atomic E-state index is 10.8. The van der Waals surface area contributed by atoms with Crippen molar-refractivity contribution < 1.29 is 9.90 Å². The van der Waals surface area contributed by atoms with Crippen LogP contribution in [-0.4, -0.2) is 11.1 Å². The van der Waals surface area contributed by atoms with Crippen LogP contribution in [0.4, 0.5) is 0 Å². The third-order valence-corrected chi connectivity index (χ3v) is 2.94. The minimum absolute atomic E-state index is 0.0674. The van der Waals surface area contributed by atoms with Crippen LogP contribution < -0.4 is 0 Å². The van der Waals surface area contributed by atoms with E-state index in [-0.39, 0.29) is 5.41 Å². The molecule has 0 atom stereocenters. The molecule has 0 fully saturated rings. The number of hydrogen-bond donors (Lipinski definition) is 1. The molecule has 0 bridgehead atoms. The van der Waals surface area contributed by atoms with E-state index in [1.165, 1.54) is 11.6 Å². The summed E-state index contributed by atoms with van der Waals surface area (Å²) in [6.07, 6.45) is 2.26.